The van der Waals surface area contributed by atoms with Crippen LogP contribution in [0.15, 0.2) is 53.7 Å². The number of oxime groups is 1. The third-order valence-electron chi connectivity index (χ3n) is 3.51. The first-order valence-corrected chi connectivity index (χ1v) is 7.50. The minimum Gasteiger partial charge on any atom is -0.388 e. The predicted octanol–water partition coefficient (Wildman–Crippen LogP) is 3.84. The van der Waals surface area contributed by atoms with E-state index in [9.17, 15) is 18.0 Å². The van der Waals surface area contributed by atoms with Crippen molar-refractivity contribution in [1.82, 2.24) is 0 Å². The molecule has 0 aliphatic rings. The van der Waals surface area contributed by atoms with Gasteiger partial charge >= 0.3 is 6.18 Å². The summed E-state index contributed by atoms with van der Waals surface area (Å²) < 4.78 is 38.2. The lowest BCUT2D eigenvalue weighted by Crippen LogP contribution is -2.14. The van der Waals surface area contributed by atoms with Crippen molar-refractivity contribution < 1.29 is 22.8 Å². The van der Waals surface area contributed by atoms with Gasteiger partial charge < -0.3 is 10.6 Å². The highest BCUT2D eigenvalue weighted by Crippen LogP contribution is 2.31. The van der Waals surface area contributed by atoms with E-state index >= 15 is 0 Å². The molecule has 0 radical (unpaired) electrons. The lowest BCUT2D eigenvalue weighted by atomic mass is 10.1. The van der Waals surface area contributed by atoms with Gasteiger partial charge in [-0.3, -0.25) is 4.79 Å². The van der Waals surface area contributed by atoms with E-state index in [4.69, 9.17) is 10.6 Å². The van der Waals surface area contributed by atoms with Crippen molar-refractivity contribution in [3.63, 3.8) is 0 Å². The Labute approximate surface area is 143 Å². The van der Waals surface area contributed by atoms with E-state index in [1.807, 2.05) is 0 Å². The highest BCUT2D eigenvalue weighted by molar-refractivity contribution is 5.85. The highest BCUT2D eigenvalue weighted by Gasteiger charge is 2.30. The SMILES string of the molecule is CC(ON=Cc1ccccc1CC(N)=O)c1cccc(C(F)(F)F)c1. The number of halogens is 3. The topological polar surface area (TPSA) is 64.7 Å². The number of amides is 1. The molecule has 0 aromatic heterocycles. The summed E-state index contributed by atoms with van der Waals surface area (Å²) in [7, 11) is 0. The van der Waals surface area contributed by atoms with Crippen LogP contribution in [0.5, 0.6) is 0 Å². The van der Waals surface area contributed by atoms with Crippen LogP contribution in [-0.2, 0) is 22.2 Å². The molecule has 0 saturated heterocycles. The maximum atomic E-state index is 12.7. The number of carbonyl (C=O) groups is 1. The molecule has 132 valence electrons. The zero-order chi connectivity index (χ0) is 18.4. The number of hydrogen-bond donors (Lipinski definition) is 1. The molecule has 0 fully saturated rings. The molecule has 4 nitrogen and oxygen atoms in total. The molecule has 0 spiro atoms. The second-order valence-corrected chi connectivity index (χ2v) is 5.45. The average molecular weight is 350 g/mol. The molecule has 0 aliphatic heterocycles. The van der Waals surface area contributed by atoms with Crippen LogP contribution in [0.25, 0.3) is 0 Å². The molecule has 0 bridgehead atoms. The van der Waals surface area contributed by atoms with Crippen LogP contribution in [-0.4, -0.2) is 12.1 Å². The lowest BCUT2D eigenvalue weighted by molar-refractivity contribution is -0.137. The summed E-state index contributed by atoms with van der Waals surface area (Å²) in [6.07, 6.45) is -3.61. The van der Waals surface area contributed by atoms with Crippen molar-refractivity contribution in [1.29, 1.82) is 0 Å². The fourth-order valence-corrected chi connectivity index (χ4v) is 2.22. The number of nitrogens with zero attached hydrogens (tertiary/aromatic N) is 1. The Balaban J connectivity index is 2.09. The van der Waals surface area contributed by atoms with Gasteiger partial charge in [0, 0.05) is 0 Å². The van der Waals surface area contributed by atoms with E-state index in [2.05, 4.69) is 5.16 Å². The van der Waals surface area contributed by atoms with Crippen LogP contribution in [0.2, 0.25) is 0 Å². The third kappa shape index (κ3) is 5.34. The molecule has 1 atom stereocenters. The maximum absolute atomic E-state index is 12.7. The van der Waals surface area contributed by atoms with Gasteiger partial charge in [-0.15, -0.1) is 0 Å². The summed E-state index contributed by atoms with van der Waals surface area (Å²) in [5.41, 5.74) is 6.15. The van der Waals surface area contributed by atoms with Crippen molar-refractivity contribution in [2.24, 2.45) is 10.9 Å². The molecule has 1 unspecified atom stereocenters. The summed E-state index contributed by atoms with van der Waals surface area (Å²) in [4.78, 5) is 16.3. The summed E-state index contributed by atoms with van der Waals surface area (Å²) in [5, 5.41) is 3.82. The van der Waals surface area contributed by atoms with Crippen LogP contribution in [0.3, 0.4) is 0 Å². The second kappa shape index (κ2) is 7.83. The number of primary amides is 1. The van der Waals surface area contributed by atoms with Crippen molar-refractivity contribution >= 4 is 12.1 Å². The summed E-state index contributed by atoms with van der Waals surface area (Å²) in [6, 6.07) is 11.9. The minimum absolute atomic E-state index is 0.0609. The first kappa shape index (κ1) is 18.5. The van der Waals surface area contributed by atoms with E-state index in [1.54, 1.807) is 31.2 Å². The predicted molar refractivity (Wildman–Crippen MR) is 87.9 cm³/mol. The van der Waals surface area contributed by atoms with E-state index in [0.717, 1.165) is 12.1 Å². The normalized spacial score (nSPS) is 13.0. The van der Waals surface area contributed by atoms with Gasteiger partial charge in [0.2, 0.25) is 5.91 Å². The number of carbonyl (C=O) groups excluding carboxylic acids is 1. The van der Waals surface area contributed by atoms with Gasteiger partial charge in [-0.25, -0.2) is 0 Å². The molecule has 1 amide bonds. The quantitative estimate of drug-likeness (QED) is 0.635. The Kier molecular flexibility index (Phi) is 5.80. The Bertz CT molecular complexity index is 773. The molecule has 2 aromatic carbocycles. The molecule has 7 heteroatoms. The van der Waals surface area contributed by atoms with E-state index in [1.165, 1.54) is 18.3 Å². The summed E-state index contributed by atoms with van der Waals surface area (Å²) in [6.45, 7) is 1.60. The maximum Gasteiger partial charge on any atom is 0.416 e. The van der Waals surface area contributed by atoms with Crippen LogP contribution in [0.4, 0.5) is 13.2 Å². The molecular weight excluding hydrogens is 333 g/mol. The zero-order valence-electron chi connectivity index (χ0n) is 13.5. The van der Waals surface area contributed by atoms with Crippen molar-refractivity contribution in [3.8, 4) is 0 Å². The number of alkyl halides is 3. The fraction of sp³-hybridized carbons (Fsp3) is 0.222. The Morgan fingerprint density at radius 3 is 2.64 bits per heavy atom. The third-order valence-corrected chi connectivity index (χ3v) is 3.51. The van der Waals surface area contributed by atoms with Gasteiger partial charge in [0.15, 0.2) is 0 Å². The minimum atomic E-state index is -4.41. The van der Waals surface area contributed by atoms with E-state index < -0.39 is 23.8 Å². The fourth-order valence-electron chi connectivity index (χ4n) is 2.22. The molecule has 0 saturated carbocycles. The Morgan fingerprint density at radius 1 is 1.24 bits per heavy atom. The number of rotatable bonds is 6. The van der Waals surface area contributed by atoms with E-state index in [0.29, 0.717) is 16.7 Å². The van der Waals surface area contributed by atoms with Crippen LogP contribution in [0, 0.1) is 0 Å². The van der Waals surface area contributed by atoms with Gasteiger partial charge in [-0.05, 0) is 35.7 Å². The molecule has 25 heavy (non-hydrogen) atoms. The van der Waals surface area contributed by atoms with Gasteiger partial charge in [0.1, 0.15) is 6.10 Å². The smallest absolute Gasteiger partial charge is 0.388 e. The molecule has 2 aromatic rings. The van der Waals surface area contributed by atoms with Gasteiger partial charge in [-0.2, -0.15) is 13.2 Å². The zero-order valence-corrected chi connectivity index (χ0v) is 13.5. The van der Waals surface area contributed by atoms with Crippen LogP contribution < -0.4 is 5.73 Å². The number of hydrogen-bond acceptors (Lipinski definition) is 3. The molecular formula is C18H17F3N2O2. The van der Waals surface area contributed by atoms with Crippen molar-refractivity contribution in [3.05, 3.63) is 70.8 Å². The van der Waals surface area contributed by atoms with Crippen molar-refractivity contribution in [2.45, 2.75) is 25.6 Å². The standard InChI is InChI=1S/C18H17F3N2O2/c1-12(13-7-4-8-16(9-13)18(19,20)21)25-23-11-15-6-3-2-5-14(15)10-17(22)24/h2-9,11-12H,10H2,1H3,(H2,22,24). The number of nitrogens with two attached hydrogens (primary N) is 1. The Hall–Kier alpha value is -2.83. The summed E-state index contributed by atoms with van der Waals surface area (Å²) in [5.74, 6) is -0.473. The van der Waals surface area contributed by atoms with Gasteiger partial charge in [-0.1, -0.05) is 41.6 Å². The average Bonchev–Trinajstić information content (AvgIpc) is 2.55. The van der Waals surface area contributed by atoms with Crippen LogP contribution >= 0.6 is 0 Å². The van der Waals surface area contributed by atoms with Gasteiger partial charge in [0.25, 0.3) is 0 Å². The summed E-state index contributed by atoms with van der Waals surface area (Å²) >= 11 is 0. The Morgan fingerprint density at radius 2 is 1.96 bits per heavy atom. The molecule has 0 heterocycles. The molecule has 2 rings (SSSR count). The van der Waals surface area contributed by atoms with Crippen molar-refractivity contribution in [2.75, 3.05) is 0 Å². The first-order chi connectivity index (χ1) is 11.8. The lowest BCUT2D eigenvalue weighted by Gasteiger charge is -2.13. The van der Waals surface area contributed by atoms with Gasteiger partial charge in [0.05, 0.1) is 18.2 Å². The highest BCUT2D eigenvalue weighted by atomic mass is 19.4. The molecule has 2 N–H and O–H groups in total. The monoisotopic (exact) mass is 350 g/mol. The first-order valence-electron chi connectivity index (χ1n) is 7.50. The van der Waals surface area contributed by atoms with E-state index in [-0.39, 0.29) is 6.42 Å². The van der Waals surface area contributed by atoms with Crippen LogP contribution in [0.1, 0.15) is 35.3 Å². The largest absolute Gasteiger partial charge is 0.416 e. The molecule has 0 aliphatic carbocycles. The number of benzene rings is 2. The second-order valence-electron chi connectivity index (χ2n) is 5.45.